The number of amides is 1. The average molecular weight is 351 g/mol. The molecule has 7 heteroatoms. The maximum atomic E-state index is 12.3. The van der Waals surface area contributed by atoms with Crippen molar-refractivity contribution in [3.63, 3.8) is 0 Å². The predicted octanol–water partition coefficient (Wildman–Crippen LogP) is 4.39. The van der Waals surface area contributed by atoms with Crippen LogP contribution in [-0.2, 0) is 0 Å². The fraction of sp³-hybridized carbons (Fsp3) is 0.312. The lowest BCUT2D eigenvalue weighted by atomic mass is 10.2. The van der Waals surface area contributed by atoms with Gasteiger partial charge in [-0.3, -0.25) is 4.79 Å². The number of nitrogens with zero attached hydrogens (tertiary/aromatic N) is 2. The van der Waals surface area contributed by atoms with Crippen LogP contribution in [0.2, 0.25) is 10.0 Å². The Labute approximate surface area is 144 Å². The van der Waals surface area contributed by atoms with Crippen LogP contribution in [0.4, 0.5) is 11.6 Å². The van der Waals surface area contributed by atoms with E-state index in [4.69, 9.17) is 23.2 Å². The molecule has 1 aromatic heterocycles. The number of aromatic nitrogens is 2. The highest BCUT2D eigenvalue weighted by Gasteiger charge is 2.17. The van der Waals surface area contributed by atoms with E-state index in [9.17, 15) is 4.79 Å². The zero-order valence-corrected chi connectivity index (χ0v) is 13.9. The van der Waals surface area contributed by atoms with Crippen LogP contribution in [0.15, 0.2) is 30.5 Å². The van der Waals surface area contributed by atoms with Gasteiger partial charge in [0.25, 0.3) is 5.91 Å². The van der Waals surface area contributed by atoms with E-state index in [1.54, 1.807) is 30.5 Å². The summed E-state index contributed by atoms with van der Waals surface area (Å²) < 4.78 is 0. The van der Waals surface area contributed by atoms with E-state index >= 15 is 0 Å². The number of anilines is 2. The Hall–Kier alpha value is -1.85. The molecule has 0 radical (unpaired) electrons. The van der Waals surface area contributed by atoms with Crippen molar-refractivity contribution in [2.45, 2.75) is 31.7 Å². The number of nitrogens with one attached hydrogen (secondary N) is 2. The molecule has 23 heavy (non-hydrogen) atoms. The molecule has 0 aliphatic heterocycles. The smallest absolute Gasteiger partial charge is 0.274 e. The quantitative estimate of drug-likeness (QED) is 0.857. The summed E-state index contributed by atoms with van der Waals surface area (Å²) >= 11 is 12.0. The molecule has 1 aliphatic rings. The zero-order valence-electron chi connectivity index (χ0n) is 12.4. The molecular formula is C16H16Cl2N4O. The first-order valence-corrected chi connectivity index (χ1v) is 8.24. The zero-order chi connectivity index (χ0) is 16.2. The number of hydrogen-bond donors (Lipinski definition) is 2. The fourth-order valence-corrected chi connectivity index (χ4v) is 2.94. The van der Waals surface area contributed by atoms with Crippen LogP contribution in [0.1, 0.15) is 36.2 Å². The molecule has 5 nitrogen and oxygen atoms in total. The summed E-state index contributed by atoms with van der Waals surface area (Å²) in [5.41, 5.74) is 0.727. The van der Waals surface area contributed by atoms with Crippen LogP contribution in [-0.4, -0.2) is 21.9 Å². The molecule has 0 spiro atoms. The van der Waals surface area contributed by atoms with Crippen molar-refractivity contribution in [3.05, 3.63) is 46.2 Å². The molecule has 0 unspecified atom stereocenters. The second-order valence-corrected chi connectivity index (χ2v) is 6.23. The maximum Gasteiger partial charge on any atom is 0.274 e. The number of carbonyl (C=O) groups excluding carboxylic acids is 1. The Morgan fingerprint density at radius 3 is 2.74 bits per heavy atom. The summed E-state index contributed by atoms with van der Waals surface area (Å²) in [6.45, 7) is 0. The Balaban J connectivity index is 1.73. The fourth-order valence-electron chi connectivity index (χ4n) is 2.59. The molecule has 1 amide bonds. The Bertz CT molecular complexity index is 717. The standard InChI is InChI=1S/C16H16Cl2N4O/c17-11-6-3-7-12(14(11)18)21-15(23)13-8-9-19-16(22-13)20-10-4-1-2-5-10/h3,6-10H,1-2,4-5H2,(H,21,23)(H,19,20,22). The monoisotopic (exact) mass is 350 g/mol. The van der Waals surface area contributed by atoms with Crippen molar-refractivity contribution in [1.29, 1.82) is 0 Å². The van der Waals surface area contributed by atoms with Crippen molar-refractivity contribution in [1.82, 2.24) is 9.97 Å². The van der Waals surface area contributed by atoms with E-state index in [0.717, 1.165) is 12.8 Å². The van der Waals surface area contributed by atoms with Crippen LogP contribution in [0.3, 0.4) is 0 Å². The van der Waals surface area contributed by atoms with E-state index in [0.29, 0.717) is 27.7 Å². The first-order chi connectivity index (χ1) is 11.1. The molecule has 2 aromatic rings. The van der Waals surface area contributed by atoms with Gasteiger partial charge < -0.3 is 10.6 Å². The van der Waals surface area contributed by atoms with E-state index in [1.807, 2.05) is 0 Å². The third kappa shape index (κ3) is 3.92. The normalized spacial score (nSPS) is 14.7. The van der Waals surface area contributed by atoms with Crippen LogP contribution in [0, 0.1) is 0 Å². The SMILES string of the molecule is O=C(Nc1cccc(Cl)c1Cl)c1ccnc(NC2CCCC2)n1. The lowest BCUT2D eigenvalue weighted by molar-refractivity contribution is 0.102. The van der Waals surface area contributed by atoms with E-state index < -0.39 is 0 Å². The third-order valence-corrected chi connectivity index (χ3v) is 4.60. The van der Waals surface area contributed by atoms with Gasteiger partial charge in [0.2, 0.25) is 5.95 Å². The van der Waals surface area contributed by atoms with Crippen molar-refractivity contribution >= 4 is 40.7 Å². The summed E-state index contributed by atoms with van der Waals surface area (Å²) in [6, 6.07) is 7.01. The largest absolute Gasteiger partial charge is 0.351 e. The van der Waals surface area contributed by atoms with E-state index in [1.165, 1.54) is 12.8 Å². The Kier molecular flexibility index (Phi) is 4.98. The van der Waals surface area contributed by atoms with Crippen molar-refractivity contribution in [3.8, 4) is 0 Å². The van der Waals surface area contributed by atoms with Crippen LogP contribution in [0.5, 0.6) is 0 Å². The molecule has 0 saturated heterocycles. The van der Waals surface area contributed by atoms with Gasteiger partial charge in [-0.25, -0.2) is 9.97 Å². The summed E-state index contributed by atoms with van der Waals surface area (Å²) in [5.74, 6) is 0.118. The number of halogens is 2. The number of hydrogen-bond acceptors (Lipinski definition) is 4. The van der Waals surface area contributed by atoms with Gasteiger partial charge in [0.1, 0.15) is 5.69 Å². The van der Waals surface area contributed by atoms with Gasteiger partial charge in [0.15, 0.2) is 0 Å². The Morgan fingerprint density at radius 1 is 1.17 bits per heavy atom. The first kappa shape index (κ1) is 16.0. The highest BCUT2D eigenvalue weighted by molar-refractivity contribution is 6.44. The molecule has 120 valence electrons. The molecular weight excluding hydrogens is 335 g/mol. The summed E-state index contributed by atoms with van der Waals surface area (Å²) in [5, 5.41) is 6.68. The predicted molar refractivity (Wildman–Crippen MR) is 92.3 cm³/mol. The maximum absolute atomic E-state index is 12.3. The Morgan fingerprint density at radius 2 is 1.96 bits per heavy atom. The third-order valence-electron chi connectivity index (χ3n) is 3.78. The lowest BCUT2D eigenvalue weighted by Crippen LogP contribution is -2.19. The minimum absolute atomic E-state index is 0.275. The van der Waals surface area contributed by atoms with E-state index in [-0.39, 0.29) is 11.6 Å². The summed E-state index contributed by atoms with van der Waals surface area (Å²) in [4.78, 5) is 20.8. The van der Waals surface area contributed by atoms with Gasteiger partial charge in [-0.15, -0.1) is 0 Å². The van der Waals surface area contributed by atoms with Crippen LogP contribution in [0.25, 0.3) is 0 Å². The molecule has 1 aromatic carbocycles. The molecule has 1 aliphatic carbocycles. The second-order valence-electron chi connectivity index (χ2n) is 5.45. The van der Waals surface area contributed by atoms with Gasteiger partial charge in [0.05, 0.1) is 15.7 Å². The topological polar surface area (TPSA) is 66.9 Å². The van der Waals surface area contributed by atoms with Gasteiger partial charge in [-0.05, 0) is 31.0 Å². The minimum atomic E-state index is -0.356. The highest BCUT2D eigenvalue weighted by Crippen LogP contribution is 2.29. The lowest BCUT2D eigenvalue weighted by Gasteiger charge is -2.12. The first-order valence-electron chi connectivity index (χ1n) is 7.48. The van der Waals surface area contributed by atoms with Gasteiger partial charge >= 0.3 is 0 Å². The van der Waals surface area contributed by atoms with Gasteiger partial charge in [-0.1, -0.05) is 42.1 Å². The number of carbonyl (C=O) groups is 1. The van der Waals surface area contributed by atoms with Crippen molar-refractivity contribution < 1.29 is 4.79 Å². The molecule has 0 atom stereocenters. The van der Waals surface area contributed by atoms with Crippen LogP contribution >= 0.6 is 23.2 Å². The minimum Gasteiger partial charge on any atom is -0.351 e. The molecule has 3 rings (SSSR count). The molecule has 0 bridgehead atoms. The second kappa shape index (κ2) is 7.15. The summed E-state index contributed by atoms with van der Waals surface area (Å²) in [6.07, 6.45) is 6.21. The molecule has 1 saturated carbocycles. The molecule has 1 fully saturated rings. The molecule has 1 heterocycles. The average Bonchev–Trinajstić information content (AvgIpc) is 3.05. The number of benzene rings is 1. The van der Waals surface area contributed by atoms with Gasteiger partial charge in [-0.2, -0.15) is 0 Å². The van der Waals surface area contributed by atoms with Crippen molar-refractivity contribution in [2.24, 2.45) is 0 Å². The highest BCUT2D eigenvalue weighted by atomic mass is 35.5. The molecule has 2 N–H and O–H groups in total. The van der Waals surface area contributed by atoms with E-state index in [2.05, 4.69) is 20.6 Å². The van der Waals surface area contributed by atoms with Gasteiger partial charge in [0, 0.05) is 12.2 Å². The van der Waals surface area contributed by atoms with Crippen molar-refractivity contribution in [2.75, 3.05) is 10.6 Å². The van der Waals surface area contributed by atoms with Crippen LogP contribution < -0.4 is 10.6 Å². The summed E-state index contributed by atoms with van der Waals surface area (Å²) in [7, 11) is 0. The number of rotatable bonds is 4.